The van der Waals surface area contributed by atoms with Crippen LogP contribution < -0.4 is 0 Å². The number of nitrogens with zero attached hydrogens (tertiary/aromatic N) is 2. The number of hydrogen-bond donors (Lipinski definition) is 1. The Morgan fingerprint density at radius 3 is 2.95 bits per heavy atom. The highest BCUT2D eigenvalue weighted by Crippen LogP contribution is 2.38. The van der Waals surface area contributed by atoms with Crippen molar-refractivity contribution in [1.29, 1.82) is 0 Å². The van der Waals surface area contributed by atoms with E-state index in [-0.39, 0.29) is 5.75 Å². The number of hydrogen-bond acceptors (Lipinski definition) is 3. The number of carbonyl (C=O) groups is 1. The molecule has 1 aromatic rings. The number of aliphatic carboxylic acids is 1. The highest BCUT2D eigenvalue weighted by molar-refractivity contribution is 7.99. The number of aromatic nitrogens is 2. The SMILES string of the molecule is CCC1CCCCC1n1cc(C)nc1SCC(=O)O. The Bertz CT molecular complexity index is 445. The van der Waals surface area contributed by atoms with E-state index in [1.54, 1.807) is 0 Å². The molecule has 0 bridgehead atoms. The van der Waals surface area contributed by atoms with E-state index in [4.69, 9.17) is 5.11 Å². The van der Waals surface area contributed by atoms with Crippen molar-refractivity contribution < 1.29 is 9.90 Å². The Labute approximate surface area is 118 Å². The lowest BCUT2D eigenvalue weighted by Crippen LogP contribution is -2.23. The second-order valence-electron chi connectivity index (χ2n) is 5.27. The second kappa shape index (κ2) is 6.46. The highest BCUT2D eigenvalue weighted by atomic mass is 32.2. The fourth-order valence-corrected chi connectivity index (χ4v) is 3.79. The van der Waals surface area contributed by atoms with Gasteiger partial charge in [-0.1, -0.05) is 37.9 Å². The van der Waals surface area contributed by atoms with Crippen LogP contribution in [-0.4, -0.2) is 26.4 Å². The van der Waals surface area contributed by atoms with Crippen molar-refractivity contribution in [2.75, 3.05) is 5.75 Å². The summed E-state index contributed by atoms with van der Waals surface area (Å²) < 4.78 is 2.23. The molecule has 1 fully saturated rings. The molecule has 4 nitrogen and oxygen atoms in total. The summed E-state index contributed by atoms with van der Waals surface area (Å²) in [7, 11) is 0. The standard InChI is InChI=1S/C14H22N2O2S/c1-3-11-6-4-5-7-12(11)16-8-10(2)15-14(16)19-9-13(17)18/h8,11-12H,3-7,9H2,1-2H3,(H,17,18). The van der Waals surface area contributed by atoms with Crippen molar-refractivity contribution in [3.8, 4) is 0 Å². The van der Waals surface area contributed by atoms with Gasteiger partial charge in [-0.25, -0.2) is 4.98 Å². The second-order valence-corrected chi connectivity index (χ2v) is 6.22. The van der Waals surface area contributed by atoms with Gasteiger partial charge < -0.3 is 9.67 Å². The number of aryl methyl sites for hydroxylation is 1. The predicted octanol–water partition coefficient (Wildman–Crippen LogP) is 3.51. The van der Waals surface area contributed by atoms with Crippen LogP contribution in [0.4, 0.5) is 0 Å². The molecule has 0 aliphatic heterocycles. The van der Waals surface area contributed by atoms with Gasteiger partial charge in [0, 0.05) is 12.2 Å². The summed E-state index contributed by atoms with van der Waals surface area (Å²) in [5.74, 6) is -0.000575. The maximum atomic E-state index is 10.7. The van der Waals surface area contributed by atoms with Crippen molar-refractivity contribution in [3.05, 3.63) is 11.9 Å². The Morgan fingerprint density at radius 1 is 1.53 bits per heavy atom. The topological polar surface area (TPSA) is 55.1 Å². The molecule has 1 saturated carbocycles. The van der Waals surface area contributed by atoms with Crippen LogP contribution in [-0.2, 0) is 4.79 Å². The molecule has 1 heterocycles. The largest absolute Gasteiger partial charge is 0.481 e. The van der Waals surface area contributed by atoms with Crippen molar-refractivity contribution in [3.63, 3.8) is 0 Å². The summed E-state index contributed by atoms with van der Waals surface area (Å²) in [6, 6.07) is 0.497. The molecular formula is C14H22N2O2S. The molecule has 1 N–H and O–H groups in total. The van der Waals surface area contributed by atoms with Crippen molar-refractivity contribution in [2.24, 2.45) is 5.92 Å². The third-order valence-corrected chi connectivity index (χ3v) is 4.85. The molecule has 0 spiro atoms. The lowest BCUT2D eigenvalue weighted by molar-refractivity contribution is -0.133. The molecule has 0 saturated heterocycles. The van der Waals surface area contributed by atoms with Gasteiger partial charge in [0.15, 0.2) is 5.16 Å². The van der Waals surface area contributed by atoms with Crippen LogP contribution in [0.1, 0.15) is 50.8 Å². The van der Waals surface area contributed by atoms with E-state index in [1.807, 2.05) is 6.92 Å². The monoisotopic (exact) mass is 282 g/mol. The molecule has 19 heavy (non-hydrogen) atoms. The summed E-state index contributed by atoms with van der Waals surface area (Å²) in [6.07, 6.45) is 8.33. The fourth-order valence-electron chi connectivity index (χ4n) is 3.00. The zero-order valence-electron chi connectivity index (χ0n) is 11.6. The van der Waals surface area contributed by atoms with E-state index in [1.165, 1.54) is 43.9 Å². The predicted molar refractivity (Wildman–Crippen MR) is 76.6 cm³/mol. The molecule has 1 aromatic heterocycles. The molecule has 106 valence electrons. The highest BCUT2D eigenvalue weighted by Gasteiger charge is 2.27. The number of thioether (sulfide) groups is 1. The third-order valence-electron chi connectivity index (χ3n) is 3.89. The Balaban J connectivity index is 2.19. The fraction of sp³-hybridized carbons (Fsp3) is 0.714. The number of carboxylic acid groups (broad SMARTS) is 1. The minimum Gasteiger partial charge on any atom is -0.481 e. The van der Waals surface area contributed by atoms with Gasteiger partial charge in [-0.3, -0.25) is 4.79 Å². The molecule has 1 aliphatic carbocycles. The van der Waals surface area contributed by atoms with Crippen molar-refractivity contribution >= 4 is 17.7 Å². The van der Waals surface area contributed by atoms with E-state index in [2.05, 4.69) is 22.7 Å². The Hall–Kier alpha value is -0.970. The van der Waals surface area contributed by atoms with Crippen LogP contribution in [0.5, 0.6) is 0 Å². The van der Waals surface area contributed by atoms with E-state index in [9.17, 15) is 4.79 Å². The average Bonchev–Trinajstić information content (AvgIpc) is 2.77. The summed E-state index contributed by atoms with van der Waals surface area (Å²) in [4.78, 5) is 15.2. The maximum Gasteiger partial charge on any atom is 0.313 e. The van der Waals surface area contributed by atoms with Crippen LogP contribution in [0, 0.1) is 12.8 Å². The van der Waals surface area contributed by atoms with Gasteiger partial charge in [0.2, 0.25) is 0 Å². The first-order valence-electron chi connectivity index (χ1n) is 7.02. The van der Waals surface area contributed by atoms with Gasteiger partial charge in [0.25, 0.3) is 0 Å². The molecule has 5 heteroatoms. The molecule has 0 aromatic carbocycles. The molecular weight excluding hydrogens is 260 g/mol. The molecule has 2 atom stereocenters. The van der Waals surface area contributed by atoms with Gasteiger partial charge in [-0.05, 0) is 25.7 Å². The smallest absolute Gasteiger partial charge is 0.313 e. The van der Waals surface area contributed by atoms with E-state index < -0.39 is 5.97 Å². The molecule has 1 aliphatic rings. The van der Waals surface area contributed by atoms with Crippen LogP contribution >= 0.6 is 11.8 Å². The zero-order valence-corrected chi connectivity index (χ0v) is 12.4. The van der Waals surface area contributed by atoms with Gasteiger partial charge in [-0.2, -0.15) is 0 Å². The lowest BCUT2D eigenvalue weighted by atomic mass is 9.83. The minimum absolute atomic E-state index is 0.0833. The number of rotatable bonds is 5. The summed E-state index contributed by atoms with van der Waals surface area (Å²) >= 11 is 1.33. The average molecular weight is 282 g/mol. The summed E-state index contributed by atoms with van der Waals surface area (Å²) in [5.41, 5.74) is 0.980. The van der Waals surface area contributed by atoms with Crippen LogP contribution in [0.2, 0.25) is 0 Å². The van der Waals surface area contributed by atoms with Crippen LogP contribution in [0.3, 0.4) is 0 Å². The van der Waals surface area contributed by atoms with E-state index in [0.29, 0.717) is 12.0 Å². The molecule has 2 rings (SSSR count). The lowest BCUT2D eigenvalue weighted by Gasteiger charge is -2.32. The third kappa shape index (κ3) is 3.53. The first kappa shape index (κ1) is 14.4. The van der Waals surface area contributed by atoms with Crippen LogP contribution in [0.25, 0.3) is 0 Å². The quantitative estimate of drug-likeness (QED) is 0.840. The molecule has 2 unspecified atom stereocenters. The van der Waals surface area contributed by atoms with Gasteiger partial charge in [-0.15, -0.1) is 0 Å². The zero-order chi connectivity index (χ0) is 13.8. The molecule has 0 radical (unpaired) electrons. The van der Waals surface area contributed by atoms with Gasteiger partial charge >= 0.3 is 5.97 Å². The summed E-state index contributed by atoms with van der Waals surface area (Å²) in [6.45, 7) is 4.22. The Kier molecular flexibility index (Phi) is 4.91. The number of carboxylic acids is 1. The first-order valence-corrected chi connectivity index (χ1v) is 8.00. The Morgan fingerprint density at radius 2 is 2.26 bits per heavy atom. The minimum atomic E-state index is -0.784. The number of imidazole rings is 1. The first-order chi connectivity index (χ1) is 9.11. The van der Waals surface area contributed by atoms with E-state index >= 15 is 0 Å². The van der Waals surface area contributed by atoms with Gasteiger partial charge in [0.1, 0.15) is 0 Å². The maximum absolute atomic E-state index is 10.7. The van der Waals surface area contributed by atoms with E-state index in [0.717, 1.165) is 10.9 Å². The summed E-state index contributed by atoms with van der Waals surface area (Å²) in [5, 5.41) is 9.69. The van der Waals surface area contributed by atoms with Gasteiger partial charge in [0.05, 0.1) is 11.4 Å². The molecule has 0 amide bonds. The normalized spacial score (nSPS) is 23.5. The van der Waals surface area contributed by atoms with Crippen LogP contribution in [0.15, 0.2) is 11.4 Å². The van der Waals surface area contributed by atoms with Crippen molar-refractivity contribution in [2.45, 2.75) is 57.1 Å². The van der Waals surface area contributed by atoms with Crippen molar-refractivity contribution in [1.82, 2.24) is 9.55 Å².